The summed E-state index contributed by atoms with van der Waals surface area (Å²) in [5.41, 5.74) is 0. The van der Waals surface area contributed by atoms with Gasteiger partial charge in [0, 0.05) is 39.4 Å². The number of hydrogen-bond donors (Lipinski definition) is 1. The number of carbonyl (C=O) groups excluding carboxylic acids is 1. The number of carboxylic acids is 1. The molecule has 0 bridgehead atoms. The van der Waals surface area contributed by atoms with Crippen LogP contribution in [0.25, 0.3) is 0 Å². The molecule has 0 aromatic heterocycles. The van der Waals surface area contributed by atoms with Gasteiger partial charge in [-0.05, 0) is 32.6 Å². The lowest BCUT2D eigenvalue weighted by atomic mass is 10.00. The molecule has 0 saturated carbocycles. The zero-order valence-electron chi connectivity index (χ0n) is 12.7. The molecule has 6 nitrogen and oxygen atoms in total. The fourth-order valence-corrected chi connectivity index (χ4v) is 2.61. The van der Waals surface area contributed by atoms with Crippen molar-refractivity contribution in [3.05, 3.63) is 0 Å². The van der Waals surface area contributed by atoms with E-state index >= 15 is 0 Å². The van der Waals surface area contributed by atoms with E-state index in [1.54, 1.807) is 23.8 Å². The summed E-state index contributed by atoms with van der Waals surface area (Å²) in [4.78, 5) is 26.5. The molecular weight excluding hydrogens is 260 g/mol. The van der Waals surface area contributed by atoms with Crippen LogP contribution in [-0.4, -0.2) is 66.3 Å². The molecule has 1 N–H and O–H groups in total. The van der Waals surface area contributed by atoms with Gasteiger partial charge in [0.05, 0.1) is 6.42 Å². The van der Waals surface area contributed by atoms with E-state index < -0.39 is 5.97 Å². The molecule has 1 rings (SSSR count). The highest BCUT2D eigenvalue weighted by atomic mass is 16.5. The Morgan fingerprint density at radius 2 is 1.95 bits per heavy atom. The average Bonchev–Trinajstić information content (AvgIpc) is 2.39. The Kier molecular flexibility index (Phi) is 6.78. The minimum atomic E-state index is -0.879. The number of nitrogens with zero attached hydrogens (tertiary/aromatic N) is 2. The van der Waals surface area contributed by atoms with E-state index in [4.69, 9.17) is 9.84 Å². The number of amides is 2. The maximum Gasteiger partial charge on any atom is 0.319 e. The first-order chi connectivity index (χ1) is 9.45. The summed E-state index contributed by atoms with van der Waals surface area (Å²) in [6.07, 6.45) is 1.94. The molecule has 0 aromatic carbocycles. The van der Waals surface area contributed by atoms with Gasteiger partial charge in [-0.2, -0.15) is 0 Å². The maximum atomic E-state index is 12.4. The molecule has 2 amide bonds. The van der Waals surface area contributed by atoms with Crippen molar-refractivity contribution in [3.63, 3.8) is 0 Å². The fourth-order valence-electron chi connectivity index (χ4n) is 2.61. The molecule has 1 aliphatic rings. The van der Waals surface area contributed by atoms with Gasteiger partial charge in [-0.15, -0.1) is 0 Å². The first-order valence-corrected chi connectivity index (χ1v) is 7.27. The third kappa shape index (κ3) is 5.00. The maximum absolute atomic E-state index is 12.4. The number of hydrogen-bond acceptors (Lipinski definition) is 3. The molecule has 1 saturated heterocycles. The second-order valence-corrected chi connectivity index (χ2v) is 5.45. The molecule has 0 spiro atoms. The van der Waals surface area contributed by atoms with Crippen LogP contribution in [0, 0.1) is 5.92 Å². The van der Waals surface area contributed by atoms with Crippen molar-refractivity contribution in [2.75, 3.05) is 33.4 Å². The molecule has 6 heteroatoms. The number of ether oxygens (including phenoxy) is 1. The van der Waals surface area contributed by atoms with Crippen LogP contribution in [-0.2, 0) is 9.53 Å². The molecule has 116 valence electrons. The van der Waals surface area contributed by atoms with Crippen molar-refractivity contribution in [3.8, 4) is 0 Å². The Morgan fingerprint density at radius 3 is 2.45 bits per heavy atom. The van der Waals surface area contributed by atoms with Crippen LogP contribution < -0.4 is 0 Å². The van der Waals surface area contributed by atoms with Crippen LogP contribution in [0.2, 0.25) is 0 Å². The van der Waals surface area contributed by atoms with Crippen LogP contribution in [0.15, 0.2) is 0 Å². The second-order valence-electron chi connectivity index (χ2n) is 5.45. The van der Waals surface area contributed by atoms with Crippen LogP contribution in [0.5, 0.6) is 0 Å². The predicted octanol–water partition coefficient (Wildman–Crippen LogP) is 1.65. The molecule has 0 radical (unpaired) electrons. The lowest BCUT2D eigenvalue weighted by molar-refractivity contribution is -0.138. The van der Waals surface area contributed by atoms with Crippen molar-refractivity contribution in [1.29, 1.82) is 0 Å². The number of rotatable bonds is 6. The lowest BCUT2D eigenvalue weighted by Gasteiger charge is -2.34. The molecule has 1 aliphatic heterocycles. The van der Waals surface area contributed by atoms with Crippen LogP contribution in [0.4, 0.5) is 4.79 Å². The third-order valence-corrected chi connectivity index (χ3v) is 3.79. The van der Waals surface area contributed by atoms with Gasteiger partial charge in [0.1, 0.15) is 0 Å². The van der Waals surface area contributed by atoms with Crippen molar-refractivity contribution in [2.24, 2.45) is 5.92 Å². The summed E-state index contributed by atoms with van der Waals surface area (Å²) in [5.74, 6) is -0.401. The highest BCUT2D eigenvalue weighted by Gasteiger charge is 2.25. The van der Waals surface area contributed by atoms with Gasteiger partial charge in [-0.1, -0.05) is 0 Å². The smallest absolute Gasteiger partial charge is 0.319 e. The number of carbonyl (C=O) groups is 2. The normalized spacial score (nSPS) is 17.6. The van der Waals surface area contributed by atoms with E-state index in [0.29, 0.717) is 19.0 Å². The van der Waals surface area contributed by atoms with Gasteiger partial charge in [0.25, 0.3) is 0 Å². The predicted molar refractivity (Wildman–Crippen MR) is 75.7 cm³/mol. The van der Waals surface area contributed by atoms with Gasteiger partial charge in [-0.3, -0.25) is 4.79 Å². The first kappa shape index (κ1) is 16.8. The van der Waals surface area contributed by atoms with E-state index in [1.807, 2.05) is 6.92 Å². The van der Waals surface area contributed by atoms with Crippen LogP contribution >= 0.6 is 0 Å². The van der Waals surface area contributed by atoms with Crippen molar-refractivity contribution in [2.45, 2.75) is 39.2 Å². The average molecular weight is 286 g/mol. The zero-order chi connectivity index (χ0) is 15.1. The molecule has 20 heavy (non-hydrogen) atoms. The number of urea groups is 1. The van der Waals surface area contributed by atoms with E-state index in [-0.39, 0.29) is 18.5 Å². The van der Waals surface area contributed by atoms with E-state index in [9.17, 15) is 9.59 Å². The third-order valence-electron chi connectivity index (χ3n) is 3.79. The van der Waals surface area contributed by atoms with Crippen LogP contribution in [0.3, 0.4) is 0 Å². The Morgan fingerprint density at radius 1 is 1.35 bits per heavy atom. The number of aliphatic carboxylic acids is 1. The van der Waals surface area contributed by atoms with E-state index in [0.717, 1.165) is 26.1 Å². The standard InChI is InChI=1S/C14H26N2O4/c1-4-16(11(2)9-13(17)18)14(19)15(3)10-12-5-7-20-8-6-12/h11-12H,4-10H2,1-3H3,(H,17,18). The highest BCUT2D eigenvalue weighted by Crippen LogP contribution is 2.17. The molecule has 1 fully saturated rings. The van der Waals surface area contributed by atoms with Gasteiger partial charge in [0.2, 0.25) is 0 Å². The van der Waals surface area contributed by atoms with E-state index in [1.165, 1.54) is 0 Å². The Bertz CT molecular complexity index is 329. The zero-order valence-corrected chi connectivity index (χ0v) is 12.7. The van der Waals surface area contributed by atoms with Gasteiger partial charge < -0.3 is 19.6 Å². The number of carboxylic acid groups (broad SMARTS) is 1. The summed E-state index contributed by atoms with van der Waals surface area (Å²) in [5, 5.41) is 8.84. The summed E-state index contributed by atoms with van der Waals surface area (Å²) in [6, 6.07) is -0.380. The van der Waals surface area contributed by atoms with E-state index in [2.05, 4.69) is 0 Å². The summed E-state index contributed by atoms with van der Waals surface area (Å²) in [6.45, 7) is 6.40. The summed E-state index contributed by atoms with van der Waals surface area (Å²) in [7, 11) is 1.79. The van der Waals surface area contributed by atoms with Crippen LogP contribution in [0.1, 0.15) is 33.1 Å². The molecule has 1 heterocycles. The first-order valence-electron chi connectivity index (χ1n) is 7.27. The molecule has 0 aliphatic carbocycles. The topological polar surface area (TPSA) is 70.1 Å². The highest BCUT2D eigenvalue weighted by molar-refractivity contribution is 5.75. The molecular formula is C14H26N2O4. The monoisotopic (exact) mass is 286 g/mol. The largest absolute Gasteiger partial charge is 0.481 e. The van der Waals surface area contributed by atoms with Crippen molar-refractivity contribution >= 4 is 12.0 Å². The lowest BCUT2D eigenvalue weighted by Crippen LogP contribution is -2.47. The fraction of sp³-hybridized carbons (Fsp3) is 0.857. The van der Waals surface area contributed by atoms with Crippen molar-refractivity contribution in [1.82, 2.24) is 9.80 Å². The second kappa shape index (κ2) is 8.09. The van der Waals surface area contributed by atoms with Gasteiger partial charge in [0.15, 0.2) is 0 Å². The molecule has 0 aromatic rings. The van der Waals surface area contributed by atoms with Gasteiger partial charge >= 0.3 is 12.0 Å². The summed E-state index contributed by atoms with van der Waals surface area (Å²) < 4.78 is 5.31. The minimum absolute atomic E-state index is 0.0231. The van der Waals surface area contributed by atoms with Gasteiger partial charge in [-0.25, -0.2) is 4.79 Å². The van der Waals surface area contributed by atoms with Crippen molar-refractivity contribution < 1.29 is 19.4 Å². The SMILES string of the molecule is CCN(C(=O)N(C)CC1CCOCC1)C(C)CC(=O)O. The molecule has 1 unspecified atom stereocenters. The summed E-state index contributed by atoms with van der Waals surface area (Å²) >= 11 is 0. The Hall–Kier alpha value is -1.30. The molecule has 1 atom stereocenters. The Balaban J connectivity index is 2.53. The Labute approximate surface area is 120 Å². The quantitative estimate of drug-likeness (QED) is 0.806. The minimum Gasteiger partial charge on any atom is -0.481 e.